The molecular formula is C23H32N2O. The fraction of sp³-hybridized carbons (Fsp3) is 0.478. The number of rotatable bonds is 7. The maximum atomic E-state index is 9.22. The van der Waals surface area contributed by atoms with Crippen LogP contribution >= 0.6 is 0 Å². The standard InChI is InChI=1S/C23H32N2O/c1-18(20-9-5-3-6-10-20)23(19(2)21-11-7-4-8-12-21)17-22(13-14-25-23)24-15-16-26/h3-12,18-19,22,24-26H,13-17H2,1-2H3. The monoisotopic (exact) mass is 352 g/mol. The number of aliphatic hydroxyl groups excluding tert-OH is 1. The Morgan fingerprint density at radius 3 is 2.04 bits per heavy atom. The first-order valence-electron chi connectivity index (χ1n) is 9.86. The van der Waals surface area contributed by atoms with Crippen molar-refractivity contribution in [2.24, 2.45) is 0 Å². The molecule has 3 atom stereocenters. The van der Waals surface area contributed by atoms with E-state index < -0.39 is 0 Å². The zero-order chi connectivity index (χ0) is 18.4. The third-order valence-electron chi connectivity index (χ3n) is 6.22. The lowest BCUT2D eigenvalue weighted by Crippen LogP contribution is -2.61. The second-order valence-corrected chi connectivity index (χ2v) is 7.60. The zero-order valence-electron chi connectivity index (χ0n) is 16.0. The third-order valence-corrected chi connectivity index (χ3v) is 6.22. The Labute approximate surface area is 157 Å². The lowest BCUT2D eigenvalue weighted by Gasteiger charge is -2.50. The van der Waals surface area contributed by atoms with Crippen molar-refractivity contribution in [1.82, 2.24) is 10.6 Å². The van der Waals surface area contributed by atoms with Crippen molar-refractivity contribution in [2.75, 3.05) is 19.7 Å². The molecule has 3 rings (SSSR count). The summed E-state index contributed by atoms with van der Waals surface area (Å²) < 4.78 is 0. The van der Waals surface area contributed by atoms with E-state index >= 15 is 0 Å². The Morgan fingerprint density at radius 1 is 1.00 bits per heavy atom. The SMILES string of the molecule is CC(c1ccccc1)C1(C(C)c2ccccc2)CC(NCCO)CCN1. The molecule has 0 aromatic heterocycles. The van der Waals surface area contributed by atoms with Gasteiger partial charge in [0.05, 0.1) is 6.61 Å². The lowest BCUT2D eigenvalue weighted by molar-refractivity contribution is 0.149. The topological polar surface area (TPSA) is 44.3 Å². The van der Waals surface area contributed by atoms with Crippen molar-refractivity contribution in [2.45, 2.75) is 50.1 Å². The van der Waals surface area contributed by atoms with Gasteiger partial charge in [-0.05, 0) is 42.3 Å². The van der Waals surface area contributed by atoms with Crippen LogP contribution in [0.2, 0.25) is 0 Å². The third kappa shape index (κ3) is 4.01. The van der Waals surface area contributed by atoms with Crippen LogP contribution < -0.4 is 10.6 Å². The molecule has 3 unspecified atom stereocenters. The molecule has 1 saturated heterocycles. The molecule has 0 spiro atoms. The average Bonchev–Trinajstić information content (AvgIpc) is 2.72. The van der Waals surface area contributed by atoms with E-state index in [1.165, 1.54) is 11.1 Å². The predicted molar refractivity (Wildman–Crippen MR) is 109 cm³/mol. The van der Waals surface area contributed by atoms with Gasteiger partial charge >= 0.3 is 0 Å². The van der Waals surface area contributed by atoms with Crippen LogP contribution in [0.15, 0.2) is 60.7 Å². The Kier molecular flexibility index (Phi) is 6.47. The molecule has 0 radical (unpaired) electrons. The maximum absolute atomic E-state index is 9.22. The van der Waals surface area contributed by atoms with Crippen LogP contribution in [-0.4, -0.2) is 36.4 Å². The Morgan fingerprint density at radius 2 is 1.54 bits per heavy atom. The molecule has 0 amide bonds. The molecule has 3 N–H and O–H groups in total. The van der Waals surface area contributed by atoms with E-state index in [4.69, 9.17) is 0 Å². The summed E-state index contributed by atoms with van der Waals surface area (Å²) in [6.07, 6.45) is 2.16. The van der Waals surface area contributed by atoms with Gasteiger partial charge in [0.1, 0.15) is 0 Å². The lowest BCUT2D eigenvalue weighted by atomic mass is 9.65. The Balaban J connectivity index is 1.95. The van der Waals surface area contributed by atoms with E-state index in [1.807, 2.05) is 0 Å². The van der Waals surface area contributed by atoms with Crippen molar-refractivity contribution in [3.8, 4) is 0 Å². The smallest absolute Gasteiger partial charge is 0.0556 e. The maximum Gasteiger partial charge on any atom is 0.0556 e. The number of benzene rings is 2. The molecular weight excluding hydrogens is 320 g/mol. The minimum Gasteiger partial charge on any atom is -0.395 e. The van der Waals surface area contributed by atoms with Crippen molar-refractivity contribution < 1.29 is 5.11 Å². The molecule has 1 heterocycles. The zero-order valence-corrected chi connectivity index (χ0v) is 16.0. The van der Waals surface area contributed by atoms with Crippen molar-refractivity contribution in [3.05, 3.63) is 71.8 Å². The summed E-state index contributed by atoms with van der Waals surface area (Å²) >= 11 is 0. The highest BCUT2D eigenvalue weighted by atomic mass is 16.3. The van der Waals surface area contributed by atoms with Gasteiger partial charge in [-0.25, -0.2) is 0 Å². The first-order valence-corrected chi connectivity index (χ1v) is 9.86. The van der Waals surface area contributed by atoms with Crippen LogP contribution in [0.4, 0.5) is 0 Å². The second kappa shape index (κ2) is 8.81. The van der Waals surface area contributed by atoms with Crippen LogP contribution in [-0.2, 0) is 0 Å². The van der Waals surface area contributed by atoms with Crippen molar-refractivity contribution in [1.29, 1.82) is 0 Å². The summed E-state index contributed by atoms with van der Waals surface area (Å²) in [5.41, 5.74) is 2.74. The highest BCUT2D eigenvalue weighted by molar-refractivity contribution is 5.31. The number of nitrogens with one attached hydrogen (secondary N) is 2. The van der Waals surface area contributed by atoms with E-state index in [0.29, 0.717) is 24.4 Å². The van der Waals surface area contributed by atoms with E-state index in [2.05, 4.69) is 85.1 Å². The van der Waals surface area contributed by atoms with Crippen LogP contribution in [0.25, 0.3) is 0 Å². The first-order chi connectivity index (χ1) is 12.7. The van der Waals surface area contributed by atoms with Gasteiger partial charge < -0.3 is 15.7 Å². The predicted octanol–water partition coefficient (Wildman–Crippen LogP) is 3.67. The van der Waals surface area contributed by atoms with Crippen LogP contribution in [0.5, 0.6) is 0 Å². The van der Waals surface area contributed by atoms with Crippen molar-refractivity contribution >= 4 is 0 Å². The van der Waals surface area contributed by atoms with Crippen LogP contribution in [0.3, 0.4) is 0 Å². The number of piperidine rings is 1. The summed E-state index contributed by atoms with van der Waals surface area (Å²) in [6, 6.07) is 22.1. The summed E-state index contributed by atoms with van der Waals surface area (Å²) in [5, 5.41) is 16.7. The quantitative estimate of drug-likeness (QED) is 0.712. The normalized spacial score (nSPS) is 25.6. The number of aliphatic hydroxyl groups is 1. The number of hydrogen-bond donors (Lipinski definition) is 3. The summed E-state index contributed by atoms with van der Waals surface area (Å²) in [7, 11) is 0. The fourth-order valence-corrected chi connectivity index (χ4v) is 4.62. The highest BCUT2D eigenvalue weighted by Crippen LogP contribution is 2.44. The summed E-state index contributed by atoms with van der Waals surface area (Å²) in [5.74, 6) is 0.773. The van der Waals surface area contributed by atoms with E-state index in [0.717, 1.165) is 19.4 Å². The molecule has 2 aromatic rings. The first kappa shape index (κ1) is 19.1. The van der Waals surface area contributed by atoms with Crippen molar-refractivity contribution in [3.63, 3.8) is 0 Å². The van der Waals surface area contributed by atoms with E-state index in [-0.39, 0.29) is 12.1 Å². The van der Waals surface area contributed by atoms with Crippen LogP contribution in [0.1, 0.15) is 49.7 Å². The van der Waals surface area contributed by atoms with Gasteiger partial charge in [-0.1, -0.05) is 74.5 Å². The molecule has 0 aliphatic carbocycles. The fourth-order valence-electron chi connectivity index (χ4n) is 4.62. The minimum atomic E-state index is -0.0198. The van der Waals surface area contributed by atoms with Gasteiger partial charge in [-0.2, -0.15) is 0 Å². The molecule has 26 heavy (non-hydrogen) atoms. The summed E-state index contributed by atoms with van der Waals surface area (Å²) in [6.45, 7) is 6.57. The molecule has 3 nitrogen and oxygen atoms in total. The minimum absolute atomic E-state index is 0.0198. The molecule has 0 saturated carbocycles. The van der Waals surface area contributed by atoms with Gasteiger partial charge in [-0.15, -0.1) is 0 Å². The van der Waals surface area contributed by atoms with Gasteiger partial charge in [0.25, 0.3) is 0 Å². The Bertz CT molecular complexity index is 613. The van der Waals surface area contributed by atoms with Gasteiger partial charge in [-0.3, -0.25) is 0 Å². The van der Waals surface area contributed by atoms with Gasteiger partial charge in [0, 0.05) is 18.1 Å². The van der Waals surface area contributed by atoms with E-state index in [9.17, 15) is 5.11 Å². The molecule has 1 aliphatic rings. The molecule has 1 fully saturated rings. The average molecular weight is 353 g/mol. The van der Waals surface area contributed by atoms with Gasteiger partial charge in [0.15, 0.2) is 0 Å². The summed E-state index contributed by atoms with van der Waals surface area (Å²) in [4.78, 5) is 0. The molecule has 0 bridgehead atoms. The molecule has 140 valence electrons. The van der Waals surface area contributed by atoms with Crippen LogP contribution in [0, 0.1) is 0 Å². The molecule has 1 aliphatic heterocycles. The molecule has 3 heteroatoms. The number of hydrogen-bond acceptors (Lipinski definition) is 3. The highest BCUT2D eigenvalue weighted by Gasteiger charge is 2.45. The Hall–Kier alpha value is -1.68. The van der Waals surface area contributed by atoms with E-state index in [1.54, 1.807) is 0 Å². The second-order valence-electron chi connectivity index (χ2n) is 7.60. The largest absolute Gasteiger partial charge is 0.395 e. The van der Waals surface area contributed by atoms with Gasteiger partial charge in [0.2, 0.25) is 0 Å². The molecule has 2 aromatic carbocycles.